The molecule has 158 valence electrons. The molecule has 0 bridgehead atoms. The first-order chi connectivity index (χ1) is 15.6. The van der Waals surface area contributed by atoms with E-state index in [0.717, 1.165) is 32.9 Å². The zero-order valence-electron chi connectivity index (χ0n) is 17.4. The summed E-state index contributed by atoms with van der Waals surface area (Å²) in [4.78, 5) is 21.1. The molecule has 1 amide bonds. The average Bonchev–Trinajstić information content (AvgIpc) is 3.21. The minimum atomic E-state index is -0.327. The highest BCUT2D eigenvalue weighted by atomic mass is 19.1. The molecule has 0 aliphatic rings. The van der Waals surface area contributed by atoms with Crippen molar-refractivity contribution in [3.63, 3.8) is 0 Å². The number of ether oxygens (including phenoxy) is 1. The number of para-hydroxylation sites is 2. The van der Waals surface area contributed by atoms with Crippen molar-refractivity contribution in [1.29, 1.82) is 0 Å². The van der Waals surface area contributed by atoms with Gasteiger partial charge >= 0.3 is 0 Å². The molecule has 2 N–H and O–H groups in total. The minimum Gasteiger partial charge on any atom is -0.496 e. The lowest BCUT2D eigenvalue weighted by Gasteiger charge is -2.11. The van der Waals surface area contributed by atoms with Crippen molar-refractivity contribution in [2.45, 2.75) is 6.54 Å². The summed E-state index contributed by atoms with van der Waals surface area (Å²) in [7, 11) is 1.60. The number of methoxy groups -OCH3 is 1. The minimum absolute atomic E-state index is 0.288. The third kappa shape index (κ3) is 3.56. The number of carbonyl (C=O) groups excluding carboxylic acids is 1. The molecule has 0 spiro atoms. The summed E-state index contributed by atoms with van der Waals surface area (Å²) >= 11 is 0. The number of benzene rings is 3. The van der Waals surface area contributed by atoms with E-state index in [1.807, 2.05) is 48.5 Å². The molecule has 0 unspecified atom stereocenters. The van der Waals surface area contributed by atoms with E-state index in [4.69, 9.17) is 4.74 Å². The molecule has 6 heteroatoms. The molecular weight excluding hydrogens is 405 g/mol. The van der Waals surface area contributed by atoms with Crippen LogP contribution < -0.4 is 10.1 Å². The fourth-order valence-electron chi connectivity index (χ4n) is 3.89. The molecule has 0 radical (unpaired) electrons. The van der Waals surface area contributed by atoms with Crippen LogP contribution in [0.2, 0.25) is 0 Å². The van der Waals surface area contributed by atoms with Crippen LogP contribution >= 0.6 is 0 Å². The highest BCUT2D eigenvalue weighted by molar-refractivity contribution is 6.13. The molecule has 5 aromatic rings. The summed E-state index contributed by atoms with van der Waals surface area (Å²) in [5, 5.41) is 4.81. The number of nitrogens with one attached hydrogen (secondary N) is 2. The van der Waals surface area contributed by atoms with Crippen LogP contribution in [0.5, 0.6) is 5.75 Å². The largest absolute Gasteiger partial charge is 0.496 e. The molecule has 0 atom stereocenters. The Hall–Kier alpha value is -4.19. The topological polar surface area (TPSA) is 67.0 Å². The van der Waals surface area contributed by atoms with Crippen LogP contribution in [0, 0.1) is 5.82 Å². The van der Waals surface area contributed by atoms with E-state index in [0.29, 0.717) is 18.0 Å². The Morgan fingerprint density at radius 1 is 1.00 bits per heavy atom. The molecule has 0 saturated carbocycles. The Bertz CT molecular complexity index is 1440. The molecule has 5 rings (SSSR count). The Balaban J connectivity index is 1.59. The van der Waals surface area contributed by atoms with Crippen LogP contribution in [0.25, 0.3) is 33.1 Å². The Labute approximate surface area is 183 Å². The van der Waals surface area contributed by atoms with Crippen molar-refractivity contribution < 1.29 is 13.9 Å². The molecular formula is C26H20FN3O2. The van der Waals surface area contributed by atoms with E-state index in [-0.39, 0.29) is 17.4 Å². The van der Waals surface area contributed by atoms with Gasteiger partial charge in [-0.15, -0.1) is 0 Å². The van der Waals surface area contributed by atoms with E-state index in [1.54, 1.807) is 25.3 Å². The van der Waals surface area contributed by atoms with Gasteiger partial charge in [0.15, 0.2) is 0 Å². The fraction of sp³-hybridized carbons (Fsp3) is 0.0769. The van der Waals surface area contributed by atoms with Crippen molar-refractivity contribution in [2.24, 2.45) is 0 Å². The van der Waals surface area contributed by atoms with Gasteiger partial charge < -0.3 is 15.0 Å². The monoisotopic (exact) mass is 425 g/mol. The molecule has 2 aromatic heterocycles. The molecule has 32 heavy (non-hydrogen) atoms. The van der Waals surface area contributed by atoms with Gasteiger partial charge in [-0.2, -0.15) is 0 Å². The quantitative estimate of drug-likeness (QED) is 0.393. The van der Waals surface area contributed by atoms with Crippen LogP contribution in [0.1, 0.15) is 16.1 Å². The third-order valence-corrected chi connectivity index (χ3v) is 5.48. The van der Waals surface area contributed by atoms with Gasteiger partial charge in [-0.25, -0.2) is 9.37 Å². The van der Waals surface area contributed by atoms with Gasteiger partial charge in [0, 0.05) is 34.0 Å². The predicted octanol–water partition coefficient (Wildman–Crippen LogP) is 5.46. The Morgan fingerprint density at radius 3 is 2.56 bits per heavy atom. The Kier molecular flexibility index (Phi) is 5.03. The first-order valence-corrected chi connectivity index (χ1v) is 10.2. The van der Waals surface area contributed by atoms with E-state index in [9.17, 15) is 9.18 Å². The smallest absolute Gasteiger partial charge is 0.270 e. The summed E-state index contributed by atoms with van der Waals surface area (Å²) < 4.78 is 18.9. The number of pyridine rings is 1. The number of fused-ring (bicyclic) bond motifs is 3. The van der Waals surface area contributed by atoms with Gasteiger partial charge in [0.1, 0.15) is 17.3 Å². The fourth-order valence-corrected chi connectivity index (χ4v) is 3.89. The molecule has 0 saturated heterocycles. The maximum absolute atomic E-state index is 13.5. The second-order valence-corrected chi connectivity index (χ2v) is 7.45. The molecule has 0 fully saturated rings. The number of nitrogens with zero attached hydrogens (tertiary/aromatic N) is 1. The zero-order chi connectivity index (χ0) is 22.1. The van der Waals surface area contributed by atoms with Gasteiger partial charge in [-0.3, -0.25) is 4.79 Å². The van der Waals surface area contributed by atoms with Gasteiger partial charge in [0.05, 0.1) is 18.3 Å². The maximum atomic E-state index is 13.5. The summed E-state index contributed by atoms with van der Waals surface area (Å²) in [5.41, 5.74) is 4.23. The number of hydrogen-bond acceptors (Lipinski definition) is 3. The lowest BCUT2D eigenvalue weighted by atomic mass is 10.1. The summed E-state index contributed by atoms with van der Waals surface area (Å²) in [6, 6.07) is 23.3. The number of aromatic nitrogens is 2. The second-order valence-electron chi connectivity index (χ2n) is 7.45. The number of aromatic amines is 1. The molecule has 5 nitrogen and oxygen atoms in total. The second kappa shape index (κ2) is 8.15. The standard InChI is InChI=1S/C26H20FN3O2/c1-32-23-9-5-2-6-17(23)15-28-26(31)22-14-20-19-7-3-4-8-21(19)29-25(20)24(30-22)16-10-12-18(27)13-11-16/h2-14,29H,15H2,1H3,(H,28,31). The predicted molar refractivity (Wildman–Crippen MR) is 123 cm³/mol. The first kappa shape index (κ1) is 19.8. The zero-order valence-corrected chi connectivity index (χ0v) is 17.4. The molecule has 2 heterocycles. The van der Waals surface area contributed by atoms with Crippen LogP contribution in [0.15, 0.2) is 78.9 Å². The number of halogens is 1. The van der Waals surface area contributed by atoms with Crippen LogP contribution in [0.4, 0.5) is 4.39 Å². The van der Waals surface area contributed by atoms with Crippen molar-refractivity contribution in [2.75, 3.05) is 7.11 Å². The van der Waals surface area contributed by atoms with Crippen molar-refractivity contribution in [3.05, 3.63) is 95.9 Å². The number of H-pyrrole nitrogens is 1. The third-order valence-electron chi connectivity index (χ3n) is 5.48. The number of rotatable bonds is 5. The number of carbonyl (C=O) groups is 1. The SMILES string of the molecule is COc1ccccc1CNC(=O)c1cc2c([nH]c3ccccc32)c(-c2ccc(F)cc2)n1. The number of amides is 1. The lowest BCUT2D eigenvalue weighted by Crippen LogP contribution is -2.24. The van der Waals surface area contributed by atoms with Gasteiger partial charge in [0.25, 0.3) is 5.91 Å². The van der Waals surface area contributed by atoms with Crippen LogP contribution in [0.3, 0.4) is 0 Å². The van der Waals surface area contributed by atoms with E-state index in [1.165, 1.54) is 12.1 Å². The van der Waals surface area contributed by atoms with E-state index < -0.39 is 0 Å². The molecule has 0 aliphatic carbocycles. The van der Waals surface area contributed by atoms with E-state index >= 15 is 0 Å². The van der Waals surface area contributed by atoms with Crippen LogP contribution in [-0.4, -0.2) is 23.0 Å². The Morgan fingerprint density at radius 2 is 1.75 bits per heavy atom. The highest BCUT2D eigenvalue weighted by Crippen LogP contribution is 2.32. The molecule has 3 aromatic carbocycles. The first-order valence-electron chi connectivity index (χ1n) is 10.2. The molecule has 0 aliphatic heterocycles. The summed E-state index contributed by atoms with van der Waals surface area (Å²) in [6.45, 7) is 0.308. The lowest BCUT2D eigenvalue weighted by molar-refractivity contribution is 0.0946. The van der Waals surface area contributed by atoms with Gasteiger partial charge in [-0.1, -0.05) is 36.4 Å². The van der Waals surface area contributed by atoms with E-state index in [2.05, 4.69) is 15.3 Å². The van der Waals surface area contributed by atoms with Gasteiger partial charge in [-0.05, 0) is 42.5 Å². The number of hydrogen-bond donors (Lipinski definition) is 2. The summed E-state index contributed by atoms with van der Waals surface area (Å²) in [6.07, 6.45) is 0. The van der Waals surface area contributed by atoms with Crippen molar-refractivity contribution in [1.82, 2.24) is 15.3 Å². The normalized spacial score (nSPS) is 11.1. The average molecular weight is 425 g/mol. The van der Waals surface area contributed by atoms with Crippen molar-refractivity contribution >= 4 is 27.7 Å². The van der Waals surface area contributed by atoms with Crippen LogP contribution in [-0.2, 0) is 6.54 Å². The van der Waals surface area contributed by atoms with Gasteiger partial charge in [0.2, 0.25) is 0 Å². The maximum Gasteiger partial charge on any atom is 0.270 e. The van der Waals surface area contributed by atoms with Crippen molar-refractivity contribution in [3.8, 4) is 17.0 Å². The summed E-state index contributed by atoms with van der Waals surface area (Å²) in [5.74, 6) is 0.0821. The highest BCUT2D eigenvalue weighted by Gasteiger charge is 2.17.